The van der Waals surface area contributed by atoms with Crippen molar-refractivity contribution in [2.24, 2.45) is 0 Å². The lowest BCUT2D eigenvalue weighted by molar-refractivity contribution is 0.0601. The first-order chi connectivity index (χ1) is 9.19. The van der Waals surface area contributed by atoms with Crippen LogP contribution in [0.15, 0.2) is 48.5 Å². The normalized spacial score (nSPS) is 10.6. The summed E-state index contributed by atoms with van der Waals surface area (Å²) in [5.74, 6) is -0.326. The Bertz CT molecular complexity index is 583. The van der Waals surface area contributed by atoms with Crippen molar-refractivity contribution in [3.63, 3.8) is 0 Å². The summed E-state index contributed by atoms with van der Waals surface area (Å²) >= 11 is 5.82. The molecule has 19 heavy (non-hydrogen) atoms. The van der Waals surface area contributed by atoms with Crippen LogP contribution in [0.1, 0.15) is 21.5 Å². The van der Waals surface area contributed by atoms with Crippen LogP contribution in [0.5, 0.6) is 0 Å². The summed E-state index contributed by atoms with van der Waals surface area (Å²) in [6, 6.07) is 14.8. The van der Waals surface area contributed by atoms with Crippen LogP contribution >= 0.6 is 11.6 Å². The Hall–Kier alpha value is -2.06. The van der Waals surface area contributed by atoms with Crippen LogP contribution in [0.3, 0.4) is 0 Å². The van der Waals surface area contributed by atoms with Gasteiger partial charge in [0.25, 0.3) is 0 Å². The molecule has 0 aliphatic carbocycles. The van der Waals surface area contributed by atoms with E-state index < -0.39 is 0 Å². The maximum atomic E-state index is 11.3. The lowest BCUT2D eigenvalue weighted by atomic mass is 10.1. The van der Waals surface area contributed by atoms with Gasteiger partial charge in [-0.15, -0.1) is 0 Å². The van der Waals surface area contributed by atoms with Crippen molar-refractivity contribution in [2.45, 2.75) is 0 Å². The van der Waals surface area contributed by atoms with Gasteiger partial charge in [-0.3, -0.25) is 0 Å². The van der Waals surface area contributed by atoms with Gasteiger partial charge in [-0.1, -0.05) is 48.0 Å². The highest BCUT2D eigenvalue weighted by Crippen LogP contribution is 2.13. The van der Waals surface area contributed by atoms with Crippen LogP contribution in [-0.4, -0.2) is 13.1 Å². The van der Waals surface area contributed by atoms with Gasteiger partial charge in [0.2, 0.25) is 0 Å². The van der Waals surface area contributed by atoms with Gasteiger partial charge in [-0.25, -0.2) is 4.79 Å². The molecule has 96 valence electrons. The first kappa shape index (κ1) is 13.4. The SMILES string of the molecule is COC(=O)c1ccc(/C=C/c2ccc(Cl)cc2)cc1. The smallest absolute Gasteiger partial charge is 0.337 e. The Balaban J connectivity index is 2.11. The van der Waals surface area contributed by atoms with Crippen LogP contribution in [-0.2, 0) is 4.74 Å². The minimum atomic E-state index is -0.326. The van der Waals surface area contributed by atoms with E-state index in [0.717, 1.165) is 16.1 Å². The third-order valence-electron chi connectivity index (χ3n) is 2.67. The number of hydrogen-bond acceptors (Lipinski definition) is 2. The highest BCUT2D eigenvalue weighted by molar-refractivity contribution is 6.30. The van der Waals surface area contributed by atoms with Crippen molar-refractivity contribution >= 4 is 29.7 Å². The van der Waals surface area contributed by atoms with E-state index in [1.807, 2.05) is 48.6 Å². The Labute approximate surface area is 117 Å². The van der Waals surface area contributed by atoms with E-state index in [-0.39, 0.29) is 5.97 Å². The van der Waals surface area contributed by atoms with Crippen molar-refractivity contribution in [3.8, 4) is 0 Å². The molecule has 0 heterocycles. The molecule has 2 aromatic rings. The first-order valence-corrected chi connectivity index (χ1v) is 6.19. The molecule has 0 saturated carbocycles. The van der Waals surface area contributed by atoms with Crippen molar-refractivity contribution in [2.75, 3.05) is 7.11 Å². The number of carbonyl (C=O) groups is 1. The topological polar surface area (TPSA) is 26.3 Å². The number of benzene rings is 2. The molecule has 0 bridgehead atoms. The van der Waals surface area contributed by atoms with Gasteiger partial charge < -0.3 is 4.74 Å². The van der Waals surface area contributed by atoms with E-state index in [4.69, 9.17) is 11.6 Å². The molecule has 0 aliphatic rings. The molecule has 2 rings (SSSR count). The number of rotatable bonds is 3. The molecule has 0 spiro atoms. The summed E-state index contributed by atoms with van der Waals surface area (Å²) < 4.78 is 4.65. The zero-order valence-corrected chi connectivity index (χ0v) is 11.2. The van der Waals surface area contributed by atoms with Crippen LogP contribution in [0, 0.1) is 0 Å². The Morgan fingerprint density at radius 3 is 1.89 bits per heavy atom. The lowest BCUT2D eigenvalue weighted by Gasteiger charge is -1.99. The van der Waals surface area contributed by atoms with Gasteiger partial charge in [-0.05, 0) is 35.4 Å². The third kappa shape index (κ3) is 3.70. The van der Waals surface area contributed by atoms with Gasteiger partial charge in [0, 0.05) is 5.02 Å². The second-order valence-electron chi connectivity index (χ2n) is 4.00. The van der Waals surface area contributed by atoms with Crippen molar-refractivity contribution < 1.29 is 9.53 Å². The molecule has 0 fully saturated rings. The summed E-state index contributed by atoms with van der Waals surface area (Å²) in [6.45, 7) is 0. The summed E-state index contributed by atoms with van der Waals surface area (Å²) in [4.78, 5) is 11.3. The van der Waals surface area contributed by atoms with E-state index >= 15 is 0 Å². The molecule has 2 aromatic carbocycles. The summed E-state index contributed by atoms with van der Waals surface area (Å²) in [7, 11) is 1.37. The van der Waals surface area contributed by atoms with E-state index in [1.54, 1.807) is 12.1 Å². The number of carbonyl (C=O) groups excluding carboxylic acids is 1. The molecule has 0 saturated heterocycles. The van der Waals surface area contributed by atoms with Gasteiger partial charge >= 0.3 is 5.97 Å². The molecule has 3 heteroatoms. The van der Waals surface area contributed by atoms with Gasteiger partial charge in [0.1, 0.15) is 0 Å². The van der Waals surface area contributed by atoms with E-state index in [0.29, 0.717) is 5.56 Å². The second-order valence-corrected chi connectivity index (χ2v) is 4.43. The molecule has 0 unspecified atom stereocenters. The van der Waals surface area contributed by atoms with E-state index in [9.17, 15) is 4.79 Å². The number of hydrogen-bond donors (Lipinski definition) is 0. The van der Waals surface area contributed by atoms with Crippen LogP contribution in [0.25, 0.3) is 12.2 Å². The van der Waals surface area contributed by atoms with Gasteiger partial charge in [0.05, 0.1) is 12.7 Å². The molecule has 0 N–H and O–H groups in total. The summed E-state index contributed by atoms with van der Waals surface area (Å²) in [5, 5.41) is 0.722. The minimum Gasteiger partial charge on any atom is -0.465 e. The molecular weight excluding hydrogens is 260 g/mol. The zero-order valence-electron chi connectivity index (χ0n) is 10.5. The number of ether oxygens (including phenoxy) is 1. The molecule has 0 atom stereocenters. The highest BCUT2D eigenvalue weighted by atomic mass is 35.5. The molecule has 0 aromatic heterocycles. The second kappa shape index (κ2) is 6.21. The predicted octanol–water partition coefficient (Wildman–Crippen LogP) is 4.30. The fourth-order valence-electron chi connectivity index (χ4n) is 1.61. The summed E-state index contributed by atoms with van der Waals surface area (Å²) in [5.41, 5.74) is 2.63. The van der Waals surface area contributed by atoms with Crippen molar-refractivity contribution in [1.29, 1.82) is 0 Å². The minimum absolute atomic E-state index is 0.326. The third-order valence-corrected chi connectivity index (χ3v) is 2.92. The van der Waals surface area contributed by atoms with E-state index in [2.05, 4.69) is 4.74 Å². The first-order valence-electron chi connectivity index (χ1n) is 5.81. The maximum absolute atomic E-state index is 11.3. The molecular formula is C16H13ClO2. The largest absolute Gasteiger partial charge is 0.465 e. The average molecular weight is 273 g/mol. The van der Waals surface area contributed by atoms with E-state index in [1.165, 1.54) is 7.11 Å². The predicted molar refractivity (Wildman–Crippen MR) is 78.2 cm³/mol. The molecule has 0 amide bonds. The quantitative estimate of drug-likeness (QED) is 0.615. The fraction of sp³-hybridized carbons (Fsp3) is 0.0625. The average Bonchev–Trinajstić information content (AvgIpc) is 2.46. The summed E-state index contributed by atoms with van der Waals surface area (Å²) in [6.07, 6.45) is 3.97. The van der Waals surface area contributed by atoms with Gasteiger partial charge in [0.15, 0.2) is 0 Å². The maximum Gasteiger partial charge on any atom is 0.337 e. The Morgan fingerprint density at radius 2 is 1.42 bits per heavy atom. The fourth-order valence-corrected chi connectivity index (χ4v) is 1.74. The Morgan fingerprint density at radius 1 is 0.947 bits per heavy atom. The van der Waals surface area contributed by atoms with Gasteiger partial charge in [-0.2, -0.15) is 0 Å². The van der Waals surface area contributed by atoms with Crippen molar-refractivity contribution in [1.82, 2.24) is 0 Å². The Kier molecular flexibility index (Phi) is 4.37. The zero-order chi connectivity index (χ0) is 13.7. The monoisotopic (exact) mass is 272 g/mol. The molecule has 2 nitrogen and oxygen atoms in total. The molecule has 0 radical (unpaired) electrons. The standard InChI is InChI=1S/C16H13ClO2/c1-19-16(18)14-8-4-12(5-9-14)2-3-13-6-10-15(17)11-7-13/h2-11H,1H3/b3-2+. The van der Waals surface area contributed by atoms with Crippen LogP contribution < -0.4 is 0 Å². The number of esters is 1. The van der Waals surface area contributed by atoms with Crippen LogP contribution in [0.2, 0.25) is 5.02 Å². The van der Waals surface area contributed by atoms with Crippen molar-refractivity contribution in [3.05, 3.63) is 70.2 Å². The lowest BCUT2D eigenvalue weighted by Crippen LogP contribution is -2.00. The highest BCUT2D eigenvalue weighted by Gasteiger charge is 2.02. The number of methoxy groups -OCH3 is 1. The van der Waals surface area contributed by atoms with Crippen LogP contribution in [0.4, 0.5) is 0 Å². The number of halogens is 1. The molecule has 0 aliphatic heterocycles.